The summed E-state index contributed by atoms with van der Waals surface area (Å²) in [7, 11) is 0. The minimum Gasteiger partial charge on any atom is -0.310 e. The number of rotatable bonds is 17. The zero-order chi connectivity index (χ0) is 87.5. The van der Waals surface area contributed by atoms with Crippen molar-refractivity contribution >= 4 is 77.7 Å². The first-order valence-corrected chi connectivity index (χ1v) is 45.6. The van der Waals surface area contributed by atoms with Crippen LogP contribution in [0.3, 0.4) is 0 Å². The number of benzene rings is 21. The molecule has 21 aromatic carbocycles. The Balaban J connectivity index is 0.000000146. The van der Waals surface area contributed by atoms with Gasteiger partial charge >= 0.3 is 0 Å². The van der Waals surface area contributed by atoms with Gasteiger partial charge < -0.3 is 18.9 Å². The van der Waals surface area contributed by atoms with E-state index in [0.717, 1.165) is 73.3 Å². The highest BCUT2D eigenvalue weighted by Gasteiger charge is 2.48. The third-order valence-corrected chi connectivity index (χ3v) is 27.4. The fourth-order valence-electron chi connectivity index (χ4n) is 21.6. The van der Waals surface area contributed by atoms with E-state index in [1.807, 2.05) is 0 Å². The Morgan fingerprint density at radius 3 is 0.841 bits per heavy atom. The molecule has 2 aliphatic rings. The van der Waals surface area contributed by atoms with E-state index in [9.17, 15) is 0 Å². The Morgan fingerprint density at radius 2 is 0.432 bits per heavy atom. The van der Waals surface area contributed by atoms with Crippen LogP contribution < -0.4 is 9.80 Å². The van der Waals surface area contributed by atoms with Crippen molar-refractivity contribution in [1.29, 1.82) is 0 Å². The van der Waals surface area contributed by atoms with Gasteiger partial charge in [-0.3, -0.25) is 0 Å². The number of hydrogen-bond acceptors (Lipinski definition) is 2. The maximum Gasteiger partial charge on any atom is 0.0713 e. The van der Waals surface area contributed by atoms with Crippen molar-refractivity contribution in [3.05, 3.63) is 578 Å². The molecular formula is C128H88N4. The second-order valence-electron chi connectivity index (χ2n) is 34.5. The minimum absolute atomic E-state index is 0.448. The van der Waals surface area contributed by atoms with Gasteiger partial charge in [0.1, 0.15) is 0 Å². The fourth-order valence-corrected chi connectivity index (χ4v) is 21.6. The molecule has 2 heterocycles. The molecule has 4 heteroatoms. The van der Waals surface area contributed by atoms with E-state index in [1.54, 1.807) is 0 Å². The van der Waals surface area contributed by atoms with Crippen molar-refractivity contribution in [2.75, 3.05) is 9.80 Å². The van der Waals surface area contributed by atoms with Gasteiger partial charge in [0.15, 0.2) is 0 Å². The highest BCUT2D eigenvalue weighted by molar-refractivity contribution is 6.13. The molecule has 0 atom stereocenters. The minimum atomic E-state index is -0.458. The predicted octanol–water partition coefficient (Wildman–Crippen LogP) is 33.6. The first-order valence-electron chi connectivity index (χ1n) is 45.6. The van der Waals surface area contributed by atoms with E-state index >= 15 is 0 Å². The van der Waals surface area contributed by atoms with Crippen LogP contribution in [-0.2, 0) is 10.8 Å². The molecule has 23 aromatic rings. The fraction of sp³-hybridized carbons (Fsp3) is 0.0156. The van der Waals surface area contributed by atoms with Gasteiger partial charge in [0.05, 0.1) is 44.3 Å². The predicted molar refractivity (Wildman–Crippen MR) is 553 cm³/mol. The molecule has 0 bridgehead atoms. The third kappa shape index (κ3) is 13.2. The van der Waals surface area contributed by atoms with Gasteiger partial charge in [0, 0.05) is 66.8 Å². The first kappa shape index (κ1) is 78.3. The van der Waals surface area contributed by atoms with E-state index in [-0.39, 0.29) is 0 Å². The van der Waals surface area contributed by atoms with Crippen LogP contribution in [0.2, 0.25) is 0 Å². The molecule has 0 saturated heterocycles. The van der Waals surface area contributed by atoms with Gasteiger partial charge in [-0.15, -0.1) is 0 Å². The molecular weight excluding hydrogens is 1590 g/mol. The summed E-state index contributed by atoms with van der Waals surface area (Å²) in [6.07, 6.45) is 0. The summed E-state index contributed by atoms with van der Waals surface area (Å²) in [6, 6.07) is 195. The quantitative estimate of drug-likeness (QED) is 0.0903. The van der Waals surface area contributed by atoms with Crippen molar-refractivity contribution in [2.45, 2.75) is 10.8 Å². The number of para-hydroxylation sites is 5. The standard InChI is InChI=1S/C67H46N2.C61H42N2/c1-5-19-47(20-6-1)49-33-38-54(39-34-49)68(55-40-35-50(36-41-55)48-21-7-2-8-22-48)64-31-17-14-27-57(64)51-37-43-60-59-29-15-18-32-65(59)69(66(60)45-51)56-42-44-63-61(46-56)58-28-13-16-30-62(58)67(63,52-23-9-3-10-24-52)53-25-11-4-12-26-53;1-5-20-43(21-6-1)44-22-19-29-49(40-44)62(48-27-11-4-12-28-48)58-34-17-14-30-51(58)45-36-38-54-53-32-15-18-35-59(53)63(60(54)41-45)50-37-39-57-55(42-50)52-31-13-16-33-56(52)61(57,46-23-7-2-8-24-46)47-25-9-3-10-26-47/h1-46H;1-42H. The number of fused-ring (bicyclic) bond motifs is 12. The summed E-state index contributed by atoms with van der Waals surface area (Å²) in [5, 5.41) is 4.92. The molecule has 0 aliphatic heterocycles. The van der Waals surface area contributed by atoms with Crippen molar-refractivity contribution in [1.82, 2.24) is 9.13 Å². The lowest BCUT2D eigenvalue weighted by molar-refractivity contribution is 0.768. The summed E-state index contributed by atoms with van der Waals surface area (Å²) in [4.78, 5) is 4.80. The van der Waals surface area contributed by atoms with Crippen LogP contribution in [0, 0.1) is 0 Å². The van der Waals surface area contributed by atoms with Crippen LogP contribution in [0.4, 0.5) is 34.1 Å². The van der Waals surface area contributed by atoms with Crippen molar-refractivity contribution in [3.8, 4) is 89.3 Å². The Hall–Kier alpha value is -17.2. The summed E-state index contributed by atoms with van der Waals surface area (Å²) >= 11 is 0. The van der Waals surface area contributed by atoms with Crippen LogP contribution in [0.1, 0.15) is 44.5 Å². The Bertz CT molecular complexity index is 8050. The summed E-state index contributed by atoms with van der Waals surface area (Å²) < 4.78 is 4.95. The molecule has 132 heavy (non-hydrogen) atoms. The Labute approximate surface area is 769 Å². The highest BCUT2D eigenvalue weighted by atomic mass is 15.2. The summed E-state index contributed by atoms with van der Waals surface area (Å²) in [6.45, 7) is 0. The van der Waals surface area contributed by atoms with Crippen LogP contribution in [0.25, 0.3) is 133 Å². The zero-order valence-electron chi connectivity index (χ0n) is 72.6. The van der Waals surface area contributed by atoms with Gasteiger partial charge in [-0.05, 0) is 220 Å². The van der Waals surface area contributed by atoms with E-state index in [1.165, 1.54) is 138 Å². The molecule has 0 fully saturated rings. The first-order chi connectivity index (χ1) is 65.5. The maximum atomic E-state index is 2.48. The maximum absolute atomic E-state index is 2.48. The van der Waals surface area contributed by atoms with Crippen molar-refractivity contribution < 1.29 is 0 Å². The molecule has 4 nitrogen and oxygen atoms in total. The Morgan fingerprint density at radius 1 is 0.152 bits per heavy atom. The third-order valence-electron chi connectivity index (χ3n) is 27.4. The lowest BCUT2D eigenvalue weighted by Gasteiger charge is -2.33. The molecule has 2 aromatic heterocycles. The average molecular weight is 1680 g/mol. The summed E-state index contributed by atoms with van der Waals surface area (Å²) in [5.74, 6) is 0. The molecule has 0 radical (unpaired) electrons. The smallest absolute Gasteiger partial charge is 0.0713 e. The monoisotopic (exact) mass is 1680 g/mol. The topological polar surface area (TPSA) is 16.3 Å². The normalized spacial score (nSPS) is 12.5. The molecule has 620 valence electrons. The number of anilines is 6. The van der Waals surface area contributed by atoms with Gasteiger partial charge in [-0.2, -0.15) is 0 Å². The van der Waals surface area contributed by atoms with Gasteiger partial charge in [-0.1, -0.05) is 425 Å². The zero-order valence-corrected chi connectivity index (χ0v) is 72.6. The van der Waals surface area contributed by atoms with Crippen LogP contribution in [0.15, 0.2) is 534 Å². The second-order valence-corrected chi connectivity index (χ2v) is 34.5. The molecule has 0 spiro atoms. The van der Waals surface area contributed by atoms with E-state index in [2.05, 4.69) is 553 Å². The van der Waals surface area contributed by atoms with Crippen LogP contribution >= 0.6 is 0 Å². The molecule has 25 rings (SSSR count). The highest BCUT2D eigenvalue weighted by Crippen LogP contribution is 2.60. The molecule has 2 aliphatic carbocycles. The molecule has 0 unspecified atom stereocenters. The summed E-state index contributed by atoms with van der Waals surface area (Å²) in [5.41, 5.74) is 39.8. The molecule has 0 amide bonds. The number of nitrogens with zero attached hydrogens (tertiary/aromatic N) is 4. The van der Waals surface area contributed by atoms with Gasteiger partial charge in [-0.25, -0.2) is 0 Å². The molecule has 0 N–H and O–H groups in total. The van der Waals surface area contributed by atoms with Gasteiger partial charge in [0.25, 0.3) is 0 Å². The van der Waals surface area contributed by atoms with Crippen LogP contribution in [-0.4, -0.2) is 9.13 Å². The SMILES string of the molecule is c1ccc(-c2ccc(N(c3ccc(-c4ccccc4)cc3)c3ccccc3-c3ccc4c5ccccc5n(-c5ccc6c(c5)-c5ccccc5C6(c5ccccc5)c5ccccc5)c4c3)cc2)cc1.c1ccc(-c2cccc(N(c3ccccc3)c3ccccc3-c3ccc4c5ccccc5n(-c5ccc6c(c5)-c5ccccc5C6(c5ccccc5)c5ccccc5)c4c3)c2)cc1. The Kier molecular flexibility index (Phi) is 19.7. The van der Waals surface area contributed by atoms with E-state index < -0.39 is 10.8 Å². The lowest BCUT2D eigenvalue weighted by atomic mass is 9.68. The lowest BCUT2D eigenvalue weighted by Crippen LogP contribution is -2.28. The van der Waals surface area contributed by atoms with E-state index in [0.29, 0.717) is 0 Å². The number of aromatic nitrogens is 2. The number of hydrogen-bond donors (Lipinski definition) is 0. The van der Waals surface area contributed by atoms with Crippen molar-refractivity contribution in [2.24, 2.45) is 0 Å². The van der Waals surface area contributed by atoms with Crippen molar-refractivity contribution in [3.63, 3.8) is 0 Å². The second kappa shape index (κ2) is 33.2. The average Bonchev–Trinajstić information content (AvgIpc) is 1.53. The molecule has 0 saturated carbocycles. The van der Waals surface area contributed by atoms with E-state index in [4.69, 9.17) is 0 Å². The largest absolute Gasteiger partial charge is 0.310 e. The van der Waals surface area contributed by atoms with Gasteiger partial charge in [0.2, 0.25) is 0 Å². The van der Waals surface area contributed by atoms with Crippen LogP contribution in [0.5, 0.6) is 0 Å².